The van der Waals surface area contributed by atoms with Crippen LogP contribution in [0.3, 0.4) is 0 Å². The minimum absolute atomic E-state index is 0.214. The maximum absolute atomic E-state index is 12.4. The zero-order valence-electron chi connectivity index (χ0n) is 11.5. The molecular formula is C17H19NOSe. The number of carbonyl (C=O) groups is 1. The number of benzene rings is 1. The second-order valence-corrected chi connectivity index (χ2v) is 6.76. The van der Waals surface area contributed by atoms with Gasteiger partial charge in [0.2, 0.25) is 0 Å². The van der Waals surface area contributed by atoms with E-state index >= 15 is 0 Å². The summed E-state index contributed by atoms with van der Waals surface area (Å²) in [4.78, 5) is 16.5. The first kappa shape index (κ1) is 14.9. The van der Waals surface area contributed by atoms with Crippen LogP contribution in [0.1, 0.15) is 25.7 Å². The standard InChI is InChI=1S/C17H19NOSe/c1-2-3-7-12-18-13-8-9-15(17(18)19)14-20-16-10-5-4-6-11-16/h1,4-6,10-11,14H,3,7-9,12-13H2/b15-14-. The average molecular weight is 332 g/mol. The van der Waals surface area contributed by atoms with Crippen LogP contribution in [0, 0.1) is 12.3 Å². The molecule has 0 radical (unpaired) electrons. The van der Waals surface area contributed by atoms with Gasteiger partial charge < -0.3 is 0 Å². The van der Waals surface area contributed by atoms with E-state index in [1.807, 2.05) is 23.1 Å². The SMILES string of the molecule is C#CCCCN1CCC/C(=C/[Se]c2ccccc2)C1=O. The van der Waals surface area contributed by atoms with Gasteiger partial charge in [0.1, 0.15) is 0 Å². The zero-order chi connectivity index (χ0) is 14.2. The molecule has 0 saturated carbocycles. The second-order valence-electron chi connectivity index (χ2n) is 4.78. The molecule has 2 nitrogen and oxygen atoms in total. The molecule has 1 amide bonds. The number of amides is 1. The Morgan fingerprint density at radius 3 is 2.90 bits per heavy atom. The summed E-state index contributed by atoms with van der Waals surface area (Å²) in [5.41, 5.74) is 0.987. The summed E-state index contributed by atoms with van der Waals surface area (Å²) in [7, 11) is 0. The Morgan fingerprint density at radius 2 is 2.15 bits per heavy atom. The molecule has 1 fully saturated rings. The monoisotopic (exact) mass is 333 g/mol. The molecule has 1 aromatic carbocycles. The Labute approximate surface area is 127 Å². The molecular weight excluding hydrogens is 313 g/mol. The first-order chi connectivity index (χ1) is 9.81. The van der Waals surface area contributed by atoms with Crippen molar-refractivity contribution in [3.8, 4) is 12.3 Å². The fraction of sp³-hybridized carbons (Fsp3) is 0.353. The van der Waals surface area contributed by atoms with Crippen molar-refractivity contribution in [2.45, 2.75) is 25.7 Å². The quantitative estimate of drug-likeness (QED) is 0.349. The van der Waals surface area contributed by atoms with Gasteiger partial charge in [-0.15, -0.1) is 0 Å². The van der Waals surface area contributed by atoms with E-state index in [-0.39, 0.29) is 20.9 Å². The van der Waals surface area contributed by atoms with Gasteiger partial charge in [-0.25, -0.2) is 0 Å². The van der Waals surface area contributed by atoms with Crippen LogP contribution in [-0.4, -0.2) is 38.9 Å². The van der Waals surface area contributed by atoms with Crippen LogP contribution in [0.5, 0.6) is 0 Å². The van der Waals surface area contributed by atoms with Crippen LogP contribution in [0.25, 0.3) is 0 Å². The van der Waals surface area contributed by atoms with Gasteiger partial charge >= 0.3 is 127 Å². The van der Waals surface area contributed by atoms with Crippen molar-refractivity contribution in [1.29, 1.82) is 0 Å². The van der Waals surface area contributed by atoms with Gasteiger partial charge in [0.15, 0.2) is 0 Å². The molecule has 0 spiro atoms. The maximum atomic E-state index is 12.4. The van der Waals surface area contributed by atoms with Crippen molar-refractivity contribution in [3.05, 3.63) is 40.9 Å². The summed E-state index contributed by atoms with van der Waals surface area (Å²) in [6.07, 6.45) is 8.89. The summed E-state index contributed by atoms with van der Waals surface area (Å²) >= 11 is 0.244. The molecule has 0 N–H and O–H groups in total. The van der Waals surface area contributed by atoms with Gasteiger partial charge in [-0.3, -0.25) is 0 Å². The average Bonchev–Trinajstić information content (AvgIpc) is 2.49. The van der Waals surface area contributed by atoms with Gasteiger partial charge in [0, 0.05) is 0 Å². The van der Waals surface area contributed by atoms with Crippen LogP contribution in [0.2, 0.25) is 0 Å². The van der Waals surface area contributed by atoms with Gasteiger partial charge in [0.25, 0.3) is 0 Å². The number of terminal acetylenes is 1. The number of carbonyl (C=O) groups excluding carboxylic acids is 1. The topological polar surface area (TPSA) is 20.3 Å². The molecule has 0 aromatic heterocycles. The fourth-order valence-electron chi connectivity index (χ4n) is 2.20. The summed E-state index contributed by atoms with van der Waals surface area (Å²) in [6.45, 7) is 1.66. The van der Waals surface area contributed by atoms with Crippen molar-refractivity contribution in [2.24, 2.45) is 0 Å². The van der Waals surface area contributed by atoms with E-state index in [0.717, 1.165) is 44.3 Å². The predicted octanol–water partition coefficient (Wildman–Crippen LogP) is 1.94. The Kier molecular flexibility index (Phi) is 5.92. The van der Waals surface area contributed by atoms with Crippen LogP contribution in [0.4, 0.5) is 0 Å². The van der Waals surface area contributed by atoms with Crippen LogP contribution < -0.4 is 4.46 Å². The third-order valence-corrected chi connectivity index (χ3v) is 5.25. The summed E-state index contributed by atoms with van der Waals surface area (Å²) in [5, 5.41) is 0. The van der Waals surface area contributed by atoms with E-state index < -0.39 is 0 Å². The Balaban J connectivity index is 1.94. The Hall–Kier alpha value is -1.49. The number of hydrogen-bond acceptors (Lipinski definition) is 1. The minimum atomic E-state index is 0.214. The van der Waals surface area contributed by atoms with Gasteiger partial charge in [-0.2, -0.15) is 0 Å². The summed E-state index contributed by atoms with van der Waals surface area (Å²) in [5.74, 6) is 2.84. The normalized spacial score (nSPS) is 17.2. The van der Waals surface area contributed by atoms with E-state index in [9.17, 15) is 4.79 Å². The van der Waals surface area contributed by atoms with E-state index in [2.05, 4.69) is 23.0 Å². The molecule has 2 rings (SSSR count). The first-order valence-electron chi connectivity index (χ1n) is 6.95. The third kappa shape index (κ3) is 4.27. The molecule has 0 aliphatic carbocycles. The van der Waals surface area contributed by atoms with E-state index in [4.69, 9.17) is 6.42 Å². The van der Waals surface area contributed by atoms with Crippen LogP contribution in [0.15, 0.2) is 40.9 Å². The molecule has 0 unspecified atom stereocenters. The number of likely N-dealkylation sites (tertiary alicyclic amines) is 1. The number of rotatable bonds is 5. The van der Waals surface area contributed by atoms with Crippen molar-refractivity contribution < 1.29 is 4.79 Å². The van der Waals surface area contributed by atoms with Crippen LogP contribution >= 0.6 is 0 Å². The number of nitrogens with zero attached hydrogens (tertiary/aromatic N) is 1. The number of hydrogen-bond donors (Lipinski definition) is 0. The number of piperidine rings is 1. The van der Waals surface area contributed by atoms with E-state index in [1.165, 1.54) is 4.46 Å². The summed E-state index contributed by atoms with van der Waals surface area (Å²) in [6, 6.07) is 10.4. The second kappa shape index (κ2) is 7.94. The molecule has 20 heavy (non-hydrogen) atoms. The fourth-order valence-corrected chi connectivity index (χ4v) is 3.91. The number of unbranched alkanes of at least 4 members (excludes halogenated alkanes) is 1. The molecule has 1 saturated heterocycles. The molecule has 1 aliphatic heterocycles. The molecule has 104 valence electrons. The molecule has 1 aromatic rings. The summed E-state index contributed by atoms with van der Waals surface area (Å²) < 4.78 is 1.31. The van der Waals surface area contributed by atoms with E-state index in [0.29, 0.717) is 0 Å². The van der Waals surface area contributed by atoms with Gasteiger partial charge in [0.05, 0.1) is 0 Å². The molecule has 1 aliphatic rings. The van der Waals surface area contributed by atoms with Crippen molar-refractivity contribution in [3.63, 3.8) is 0 Å². The van der Waals surface area contributed by atoms with Crippen molar-refractivity contribution in [2.75, 3.05) is 13.1 Å². The molecule has 0 bridgehead atoms. The van der Waals surface area contributed by atoms with Crippen molar-refractivity contribution in [1.82, 2.24) is 4.90 Å². The Bertz CT molecular complexity index is 516. The molecule has 3 heteroatoms. The van der Waals surface area contributed by atoms with E-state index in [1.54, 1.807) is 0 Å². The predicted molar refractivity (Wildman–Crippen MR) is 83.8 cm³/mol. The van der Waals surface area contributed by atoms with Crippen LogP contribution in [-0.2, 0) is 4.79 Å². The van der Waals surface area contributed by atoms with Crippen molar-refractivity contribution >= 4 is 25.3 Å². The van der Waals surface area contributed by atoms with Gasteiger partial charge in [-0.1, -0.05) is 0 Å². The molecule has 1 heterocycles. The zero-order valence-corrected chi connectivity index (χ0v) is 13.3. The Morgan fingerprint density at radius 1 is 1.35 bits per heavy atom. The molecule has 0 atom stereocenters. The first-order valence-corrected chi connectivity index (χ1v) is 8.79. The van der Waals surface area contributed by atoms with Gasteiger partial charge in [-0.05, 0) is 0 Å². The third-order valence-electron chi connectivity index (χ3n) is 3.27.